The van der Waals surface area contributed by atoms with Crippen molar-refractivity contribution in [2.24, 2.45) is 0 Å². The van der Waals surface area contributed by atoms with Crippen LogP contribution in [0.3, 0.4) is 0 Å². The largest absolute Gasteiger partial charge is 0.324 e. The Morgan fingerprint density at radius 2 is 1.63 bits per heavy atom. The highest BCUT2D eigenvalue weighted by Crippen LogP contribution is 2.22. The highest BCUT2D eigenvalue weighted by atomic mass is 32.2. The minimum Gasteiger partial charge on any atom is -0.324 e. The minimum absolute atomic E-state index is 0.0972. The van der Waals surface area contributed by atoms with Gasteiger partial charge in [0.2, 0.25) is 0 Å². The third-order valence-electron chi connectivity index (χ3n) is 3.02. The van der Waals surface area contributed by atoms with E-state index in [1.54, 1.807) is 12.1 Å². The van der Waals surface area contributed by atoms with Crippen molar-refractivity contribution in [2.45, 2.75) is 4.90 Å². The first-order chi connectivity index (χ1) is 9.04. The number of rotatable bonds is 2. The van der Waals surface area contributed by atoms with E-state index in [9.17, 15) is 8.42 Å². The van der Waals surface area contributed by atoms with Gasteiger partial charge in [-0.15, -0.1) is 0 Å². The summed E-state index contributed by atoms with van der Waals surface area (Å²) in [6.07, 6.45) is 3.90. The summed E-state index contributed by atoms with van der Waals surface area (Å²) >= 11 is 0. The summed E-state index contributed by atoms with van der Waals surface area (Å²) in [5.74, 6) is 0. The molecule has 1 aromatic carbocycles. The summed E-state index contributed by atoms with van der Waals surface area (Å²) in [5.41, 5.74) is 2.96. The third-order valence-corrected chi connectivity index (χ3v) is 3.88. The van der Waals surface area contributed by atoms with Crippen LogP contribution < -0.4 is 0 Å². The smallest absolute Gasteiger partial charge is 0.294 e. The molecule has 0 aliphatic rings. The number of pyridine rings is 1. The number of aromatic nitrogens is 1. The van der Waals surface area contributed by atoms with Gasteiger partial charge in [0, 0.05) is 17.9 Å². The van der Waals surface area contributed by atoms with E-state index in [0.717, 1.165) is 16.6 Å². The predicted octanol–water partition coefficient (Wildman–Crippen LogP) is 2.85. The predicted molar refractivity (Wildman–Crippen MR) is 72.6 cm³/mol. The number of benzene rings is 1. The minimum atomic E-state index is -4.13. The number of hydrogen-bond acceptors (Lipinski definition) is 2. The van der Waals surface area contributed by atoms with Crippen LogP contribution >= 0.6 is 0 Å². The first-order valence-corrected chi connectivity index (χ1v) is 7.13. The Morgan fingerprint density at radius 3 is 2.32 bits per heavy atom. The van der Waals surface area contributed by atoms with Crippen LogP contribution in [0.1, 0.15) is 0 Å². The van der Waals surface area contributed by atoms with Crippen molar-refractivity contribution < 1.29 is 13.0 Å². The number of fused-ring (bicyclic) bond motifs is 1. The van der Waals surface area contributed by atoms with Crippen molar-refractivity contribution in [3.63, 3.8) is 0 Å². The summed E-state index contributed by atoms with van der Waals surface area (Å²) in [4.78, 5) is -0.0972. The van der Waals surface area contributed by atoms with E-state index < -0.39 is 10.1 Å². The van der Waals surface area contributed by atoms with Crippen molar-refractivity contribution in [1.82, 2.24) is 4.40 Å². The second-order valence-electron chi connectivity index (χ2n) is 4.26. The molecule has 5 heteroatoms. The highest BCUT2D eigenvalue weighted by Gasteiger charge is 2.09. The molecule has 0 fully saturated rings. The van der Waals surface area contributed by atoms with Crippen molar-refractivity contribution >= 4 is 15.6 Å². The SMILES string of the molecule is O=S(=O)(O)c1ccc(-c2ccn3cccc3c2)cc1. The molecule has 3 aromatic rings. The van der Waals surface area contributed by atoms with E-state index in [0.29, 0.717) is 0 Å². The molecule has 1 N–H and O–H groups in total. The van der Waals surface area contributed by atoms with Gasteiger partial charge in [0.15, 0.2) is 0 Å². The first-order valence-electron chi connectivity index (χ1n) is 5.69. The molecule has 0 spiro atoms. The molecule has 0 radical (unpaired) electrons. The lowest BCUT2D eigenvalue weighted by molar-refractivity contribution is 0.483. The van der Waals surface area contributed by atoms with Gasteiger partial charge in [0.25, 0.3) is 10.1 Å². The van der Waals surface area contributed by atoms with Gasteiger partial charge in [-0.25, -0.2) is 0 Å². The molecule has 19 heavy (non-hydrogen) atoms. The maximum atomic E-state index is 11.0. The van der Waals surface area contributed by atoms with Crippen molar-refractivity contribution in [1.29, 1.82) is 0 Å². The molecule has 0 aliphatic heterocycles. The van der Waals surface area contributed by atoms with Crippen LogP contribution in [-0.2, 0) is 10.1 Å². The second kappa shape index (κ2) is 4.22. The maximum absolute atomic E-state index is 11.0. The van der Waals surface area contributed by atoms with Crippen LogP contribution in [-0.4, -0.2) is 17.4 Å². The van der Waals surface area contributed by atoms with E-state index in [1.807, 2.05) is 41.1 Å². The molecule has 0 amide bonds. The summed E-state index contributed by atoms with van der Waals surface area (Å²) in [6, 6.07) is 14.1. The fraction of sp³-hybridized carbons (Fsp3) is 0. The van der Waals surface area contributed by atoms with Gasteiger partial charge in [-0.2, -0.15) is 8.42 Å². The number of hydrogen-bond donors (Lipinski definition) is 1. The molecular weight excluding hydrogens is 262 g/mol. The molecule has 0 unspecified atom stereocenters. The Kier molecular flexibility index (Phi) is 2.66. The van der Waals surface area contributed by atoms with E-state index >= 15 is 0 Å². The molecule has 0 bridgehead atoms. The lowest BCUT2D eigenvalue weighted by Gasteiger charge is -2.04. The van der Waals surface area contributed by atoms with Gasteiger partial charge >= 0.3 is 0 Å². The Balaban J connectivity index is 2.06. The van der Waals surface area contributed by atoms with E-state index in [-0.39, 0.29) is 4.90 Å². The van der Waals surface area contributed by atoms with Crippen molar-refractivity contribution in [3.05, 3.63) is 60.9 Å². The monoisotopic (exact) mass is 273 g/mol. The molecular formula is C14H11NO3S. The zero-order valence-corrected chi connectivity index (χ0v) is 10.7. The van der Waals surface area contributed by atoms with Crippen LogP contribution in [0.4, 0.5) is 0 Å². The van der Waals surface area contributed by atoms with Crippen LogP contribution in [0.5, 0.6) is 0 Å². The van der Waals surface area contributed by atoms with Gasteiger partial charge in [-0.3, -0.25) is 4.55 Å². The van der Waals surface area contributed by atoms with Gasteiger partial charge in [0.05, 0.1) is 4.90 Å². The molecule has 96 valence electrons. The second-order valence-corrected chi connectivity index (χ2v) is 5.68. The summed E-state index contributed by atoms with van der Waals surface area (Å²) in [6.45, 7) is 0. The topological polar surface area (TPSA) is 58.8 Å². The zero-order chi connectivity index (χ0) is 13.5. The molecule has 0 aliphatic carbocycles. The van der Waals surface area contributed by atoms with Crippen molar-refractivity contribution in [3.8, 4) is 11.1 Å². The summed E-state index contributed by atoms with van der Waals surface area (Å²) in [5, 5.41) is 0. The van der Waals surface area contributed by atoms with E-state index in [2.05, 4.69) is 0 Å². The zero-order valence-electron chi connectivity index (χ0n) is 9.89. The molecule has 0 saturated carbocycles. The molecule has 0 saturated heterocycles. The average Bonchev–Trinajstić information content (AvgIpc) is 2.85. The van der Waals surface area contributed by atoms with Gasteiger partial charge in [0.1, 0.15) is 0 Å². The molecule has 3 rings (SSSR count). The molecule has 4 nitrogen and oxygen atoms in total. The van der Waals surface area contributed by atoms with Crippen LogP contribution in [0.2, 0.25) is 0 Å². The molecule has 2 aromatic heterocycles. The van der Waals surface area contributed by atoms with Gasteiger partial charge in [-0.1, -0.05) is 12.1 Å². The first kappa shape index (κ1) is 12.0. The fourth-order valence-electron chi connectivity index (χ4n) is 2.03. The lowest BCUT2D eigenvalue weighted by atomic mass is 10.1. The summed E-state index contributed by atoms with van der Waals surface area (Å²) < 4.78 is 32.9. The Morgan fingerprint density at radius 1 is 0.895 bits per heavy atom. The lowest BCUT2D eigenvalue weighted by Crippen LogP contribution is -1.97. The van der Waals surface area contributed by atoms with Crippen LogP contribution in [0, 0.1) is 0 Å². The van der Waals surface area contributed by atoms with Gasteiger partial charge in [-0.05, 0) is 47.5 Å². The molecule has 2 heterocycles. The Labute approximate surface area is 110 Å². The van der Waals surface area contributed by atoms with Crippen LogP contribution in [0.15, 0.2) is 65.8 Å². The third kappa shape index (κ3) is 2.25. The number of nitrogens with zero attached hydrogens (tertiary/aromatic N) is 1. The average molecular weight is 273 g/mol. The quantitative estimate of drug-likeness (QED) is 0.730. The molecule has 0 atom stereocenters. The Hall–Kier alpha value is -2.11. The summed E-state index contributed by atoms with van der Waals surface area (Å²) in [7, 11) is -4.13. The van der Waals surface area contributed by atoms with E-state index in [4.69, 9.17) is 4.55 Å². The maximum Gasteiger partial charge on any atom is 0.294 e. The van der Waals surface area contributed by atoms with Crippen LogP contribution in [0.25, 0.3) is 16.6 Å². The van der Waals surface area contributed by atoms with Gasteiger partial charge < -0.3 is 4.40 Å². The normalized spacial score (nSPS) is 11.8. The highest BCUT2D eigenvalue weighted by molar-refractivity contribution is 7.85. The standard InChI is InChI=1S/C14H11NO3S/c16-19(17,18)14-5-3-11(4-6-14)12-7-9-15-8-1-2-13(15)10-12/h1-10H,(H,16,17,18). The Bertz CT molecular complexity index is 833. The van der Waals surface area contributed by atoms with E-state index in [1.165, 1.54) is 12.1 Å². The fourth-order valence-corrected chi connectivity index (χ4v) is 2.51. The van der Waals surface area contributed by atoms with Crippen molar-refractivity contribution in [2.75, 3.05) is 0 Å².